The van der Waals surface area contributed by atoms with Crippen molar-refractivity contribution in [2.24, 2.45) is 5.10 Å². The van der Waals surface area contributed by atoms with Crippen LogP contribution in [0.4, 0.5) is 0 Å². The maximum Gasteiger partial charge on any atom is 0.272 e. The van der Waals surface area contributed by atoms with Gasteiger partial charge in [0.15, 0.2) is 0 Å². The summed E-state index contributed by atoms with van der Waals surface area (Å²) in [5.41, 5.74) is 3.22. The minimum Gasteiger partial charge on any atom is -0.267 e. The van der Waals surface area contributed by atoms with Crippen molar-refractivity contribution < 1.29 is 4.79 Å². The monoisotopic (exact) mass is 278 g/mol. The second-order valence-electron chi connectivity index (χ2n) is 3.77. The lowest BCUT2D eigenvalue weighted by Gasteiger charge is -1.95. The van der Waals surface area contributed by atoms with Crippen molar-refractivity contribution in [1.29, 1.82) is 0 Å². The molecular formula is C13H14N2OS2. The maximum atomic E-state index is 11.8. The van der Waals surface area contributed by atoms with E-state index in [1.165, 1.54) is 4.88 Å². The summed E-state index contributed by atoms with van der Waals surface area (Å²) in [6.07, 6.45) is 3.77. The average molecular weight is 278 g/mol. The lowest BCUT2D eigenvalue weighted by Crippen LogP contribution is -2.16. The van der Waals surface area contributed by atoms with Crippen LogP contribution in [0.15, 0.2) is 34.1 Å². The molecular weight excluding hydrogens is 264 g/mol. The van der Waals surface area contributed by atoms with Crippen molar-refractivity contribution in [3.63, 3.8) is 0 Å². The lowest BCUT2D eigenvalue weighted by atomic mass is 10.2. The molecule has 0 fully saturated rings. The third-order valence-corrected chi connectivity index (χ3v) is 4.12. The Kier molecular flexibility index (Phi) is 4.66. The number of thiophene rings is 2. The third-order valence-electron chi connectivity index (χ3n) is 2.31. The molecule has 2 rings (SSSR count). The van der Waals surface area contributed by atoms with Crippen LogP contribution in [-0.4, -0.2) is 12.1 Å². The molecule has 0 spiro atoms. The highest BCUT2D eigenvalue weighted by atomic mass is 32.1. The predicted molar refractivity (Wildman–Crippen MR) is 77.7 cm³/mol. The Balaban J connectivity index is 1.91. The van der Waals surface area contributed by atoms with Gasteiger partial charge >= 0.3 is 0 Å². The smallest absolute Gasteiger partial charge is 0.267 e. The molecule has 0 aliphatic heterocycles. The van der Waals surface area contributed by atoms with E-state index < -0.39 is 0 Å². The Morgan fingerprint density at radius 1 is 1.50 bits per heavy atom. The maximum absolute atomic E-state index is 11.8. The summed E-state index contributed by atoms with van der Waals surface area (Å²) in [5.74, 6) is -0.151. The number of nitrogens with zero attached hydrogens (tertiary/aromatic N) is 1. The van der Waals surface area contributed by atoms with Crippen molar-refractivity contribution in [3.8, 4) is 0 Å². The number of hydrogen-bond acceptors (Lipinski definition) is 4. The summed E-state index contributed by atoms with van der Waals surface area (Å²) in [6.45, 7) is 2.13. The Hall–Kier alpha value is -1.46. The fourth-order valence-electron chi connectivity index (χ4n) is 1.46. The number of aryl methyl sites for hydroxylation is 1. The Labute approximate surface area is 114 Å². The highest BCUT2D eigenvalue weighted by Crippen LogP contribution is 2.16. The van der Waals surface area contributed by atoms with Crippen LogP contribution < -0.4 is 5.43 Å². The van der Waals surface area contributed by atoms with Crippen molar-refractivity contribution in [2.75, 3.05) is 0 Å². The zero-order valence-corrected chi connectivity index (χ0v) is 11.7. The van der Waals surface area contributed by atoms with Gasteiger partial charge in [0.05, 0.1) is 11.8 Å². The van der Waals surface area contributed by atoms with Crippen molar-refractivity contribution in [3.05, 3.63) is 44.3 Å². The molecule has 0 unspecified atom stereocenters. The highest BCUT2D eigenvalue weighted by Gasteiger charge is 2.07. The molecule has 0 saturated carbocycles. The molecule has 18 heavy (non-hydrogen) atoms. The van der Waals surface area contributed by atoms with E-state index in [0.717, 1.165) is 17.7 Å². The van der Waals surface area contributed by atoms with Crippen LogP contribution in [0.2, 0.25) is 0 Å². The molecule has 5 heteroatoms. The summed E-state index contributed by atoms with van der Waals surface area (Å²) < 4.78 is 0. The molecule has 1 N–H and O–H groups in total. The van der Waals surface area contributed by atoms with Crippen LogP contribution in [0, 0.1) is 0 Å². The molecule has 2 aromatic heterocycles. The van der Waals surface area contributed by atoms with E-state index >= 15 is 0 Å². The number of rotatable bonds is 5. The van der Waals surface area contributed by atoms with Gasteiger partial charge in [0.1, 0.15) is 0 Å². The first-order valence-corrected chi connectivity index (χ1v) is 7.50. The largest absolute Gasteiger partial charge is 0.272 e. The molecule has 2 aromatic rings. The average Bonchev–Trinajstić information content (AvgIpc) is 3.00. The lowest BCUT2D eigenvalue weighted by molar-refractivity contribution is 0.0955. The van der Waals surface area contributed by atoms with E-state index in [-0.39, 0.29) is 5.91 Å². The molecule has 0 saturated heterocycles. The van der Waals surface area contributed by atoms with E-state index in [1.807, 2.05) is 29.0 Å². The van der Waals surface area contributed by atoms with Gasteiger partial charge in [-0.25, -0.2) is 5.43 Å². The van der Waals surface area contributed by atoms with Gasteiger partial charge in [0.25, 0.3) is 5.91 Å². The number of amides is 1. The molecule has 2 heterocycles. The second kappa shape index (κ2) is 6.47. The van der Waals surface area contributed by atoms with Gasteiger partial charge in [0.2, 0.25) is 0 Å². The standard InChI is InChI=1S/C13H14N2OS2/c1-2-4-11-7-10(9-18-11)13(16)15-14-8-12-5-3-6-17-12/h3,5-9H,2,4H2,1H3,(H,15,16)/b14-8+. The molecule has 0 aromatic carbocycles. The summed E-state index contributed by atoms with van der Waals surface area (Å²) in [5, 5.41) is 7.78. The molecule has 94 valence electrons. The van der Waals surface area contributed by atoms with Gasteiger partial charge in [-0.1, -0.05) is 19.4 Å². The number of carbonyl (C=O) groups is 1. The first-order chi connectivity index (χ1) is 8.79. The van der Waals surface area contributed by atoms with Crippen LogP contribution in [0.3, 0.4) is 0 Å². The van der Waals surface area contributed by atoms with Crippen molar-refractivity contribution >= 4 is 34.8 Å². The zero-order valence-electron chi connectivity index (χ0n) is 10.1. The van der Waals surface area contributed by atoms with E-state index in [1.54, 1.807) is 28.9 Å². The third kappa shape index (κ3) is 3.51. The van der Waals surface area contributed by atoms with Crippen LogP contribution in [0.1, 0.15) is 33.5 Å². The molecule has 0 aliphatic carbocycles. The Morgan fingerprint density at radius 3 is 3.11 bits per heavy atom. The zero-order chi connectivity index (χ0) is 12.8. The number of nitrogens with one attached hydrogen (secondary N) is 1. The van der Waals surface area contributed by atoms with E-state index in [2.05, 4.69) is 17.5 Å². The van der Waals surface area contributed by atoms with Crippen molar-refractivity contribution in [1.82, 2.24) is 5.43 Å². The van der Waals surface area contributed by atoms with Gasteiger partial charge in [-0.2, -0.15) is 5.10 Å². The SMILES string of the molecule is CCCc1cc(C(=O)N/N=C/c2cccs2)cs1. The first-order valence-electron chi connectivity index (χ1n) is 5.74. The predicted octanol–water partition coefficient (Wildman–Crippen LogP) is 3.53. The summed E-state index contributed by atoms with van der Waals surface area (Å²) in [4.78, 5) is 14.0. The molecule has 0 bridgehead atoms. The van der Waals surface area contributed by atoms with Gasteiger partial charge < -0.3 is 0 Å². The second-order valence-corrected chi connectivity index (χ2v) is 5.74. The molecule has 0 atom stereocenters. The fourth-order valence-corrected chi connectivity index (χ4v) is 3.02. The van der Waals surface area contributed by atoms with Gasteiger partial charge in [-0.3, -0.25) is 4.79 Å². The summed E-state index contributed by atoms with van der Waals surface area (Å²) >= 11 is 3.21. The first kappa shape index (κ1) is 13.0. The van der Waals surface area contributed by atoms with Crippen LogP contribution in [0.5, 0.6) is 0 Å². The van der Waals surface area contributed by atoms with E-state index in [9.17, 15) is 4.79 Å². The van der Waals surface area contributed by atoms with E-state index in [4.69, 9.17) is 0 Å². The Morgan fingerprint density at radius 2 is 2.39 bits per heavy atom. The van der Waals surface area contributed by atoms with Gasteiger partial charge in [-0.05, 0) is 23.9 Å². The number of carbonyl (C=O) groups excluding carboxylic acids is 1. The Bertz CT molecular complexity index is 529. The fraction of sp³-hybridized carbons (Fsp3) is 0.231. The number of hydrogen-bond donors (Lipinski definition) is 1. The van der Waals surface area contributed by atoms with Crippen LogP contribution in [0.25, 0.3) is 0 Å². The van der Waals surface area contributed by atoms with Crippen molar-refractivity contribution in [2.45, 2.75) is 19.8 Å². The number of hydrazone groups is 1. The molecule has 0 radical (unpaired) electrons. The molecule has 0 aliphatic rings. The van der Waals surface area contributed by atoms with Gasteiger partial charge in [0, 0.05) is 15.1 Å². The normalized spacial score (nSPS) is 10.9. The van der Waals surface area contributed by atoms with Crippen LogP contribution >= 0.6 is 22.7 Å². The summed E-state index contributed by atoms with van der Waals surface area (Å²) in [6, 6.07) is 5.83. The topological polar surface area (TPSA) is 41.5 Å². The minimum atomic E-state index is -0.151. The molecule has 3 nitrogen and oxygen atoms in total. The minimum absolute atomic E-state index is 0.151. The quantitative estimate of drug-likeness (QED) is 0.660. The summed E-state index contributed by atoms with van der Waals surface area (Å²) in [7, 11) is 0. The van der Waals surface area contributed by atoms with Gasteiger partial charge in [-0.15, -0.1) is 22.7 Å². The highest BCUT2D eigenvalue weighted by molar-refractivity contribution is 7.11. The van der Waals surface area contributed by atoms with Crippen LogP contribution in [-0.2, 0) is 6.42 Å². The van der Waals surface area contributed by atoms with E-state index in [0.29, 0.717) is 5.56 Å². The molecule has 1 amide bonds.